The summed E-state index contributed by atoms with van der Waals surface area (Å²) in [5.74, 6) is 1.01. The van der Waals surface area contributed by atoms with Crippen molar-refractivity contribution in [3.63, 3.8) is 0 Å². The van der Waals surface area contributed by atoms with Crippen LogP contribution in [-0.4, -0.2) is 36.0 Å². The molecule has 0 aliphatic carbocycles. The Labute approximate surface area is 152 Å². The minimum atomic E-state index is -0.0934. The molecule has 2 aromatic carbocycles. The maximum atomic E-state index is 13.0. The Morgan fingerprint density at radius 3 is 2.92 bits per heavy atom. The first kappa shape index (κ1) is 15.3. The number of anilines is 1. The smallest absolute Gasteiger partial charge is 0.257 e. The number of fused-ring (bicyclic) bond motifs is 6. The number of rotatable bonds is 2. The van der Waals surface area contributed by atoms with E-state index >= 15 is 0 Å². The molecule has 26 heavy (non-hydrogen) atoms. The van der Waals surface area contributed by atoms with E-state index in [0.717, 1.165) is 41.2 Å². The third-order valence-electron chi connectivity index (χ3n) is 5.52. The lowest BCUT2D eigenvalue weighted by Crippen LogP contribution is -2.51. The van der Waals surface area contributed by atoms with Crippen LogP contribution in [0.15, 0.2) is 42.5 Å². The number of amides is 1. The van der Waals surface area contributed by atoms with Crippen molar-refractivity contribution in [3.8, 4) is 5.75 Å². The van der Waals surface area contributed by atoms with E-state index in [1.807, 2.05) is 42.2 Å². The number of benzene rings is 2. The fourth-order valence-electron chi connectivity index (χ4n) is 4.37. The molecule has 0 radical (unpaired) electrons. The molecule has 1 N–H and O–H groups in total. The number of para-hydroxylation sites is 1. The molecule has 0 fully saturated rings. The van der Waals surface area contributed by atoms with Gasteiger partial charge < -0.3 is 19.5 Å². The molecule has 3 heterocycles. The summed E-state index contributed by atoms with van der Waals surface area (Å²) in [5, 5.41) is 1.20. The second-order valence-corrected chi connectivity index (χ2v) is 6.91. The van der Waals surface area contributed by atoms with Gasteiger partial charge in [0.2, 0.25) is 0 Å². The molecule has 1 unspecified atom stereocenters. The van der Waals surface area contributed by atoms with Crippen molar-refractivity contribution >= 4 is 22.5 Å². The lowest BCUT2D eigenvalue weighted by molar-refractivity contribution is 0.0634. The second-order valence-electron chi connectivity index (χ2n) is 6.91. The third kappa shape index (κ3) is 2.00. The Morgan fingerprint density at radius 1 is 1.23 bits per heavy atom. The van der Waals surface area contributed by atoms with Crippen LogP contribution in [0.3, 0.4) is 0 Å². The molecule has 1 amide bonds. The molecule has 2 aliphatic heterocycles. The third-order valence-corrected chi connectivity index (χ3v) is 5.52. The van der Waals surface area contributed by atoms with Gasteiger partial charge in [-0.1, -0.05) is 12.1 Å². The molecule has 0 spiro atoms. The standard InChI is InChI=1S/C21H21N3O2/c1-3-26-13-8-9-17-16(12-13)14-10-11-24-20(19(14)22-17)23(2)18-7-5-4-6-15(18)21(24)25/h4-9,12,20,22H,3,10-11H2,1-2H3. The van der Waals surface area contributed by atoms with Crippen molar-refractivity contribution < 1.29 is 9.53 Å². The predicted octanol–water partition coefficient (Wildman–Crippen LogP) is 3.71. The summed E-state index contributed by atoms with van der Waals surface area (Å²) in [6.45, 7) is 3.37. The molecule has 5 heteroatoms. The molecule has 5 rings (SSSR count). The summed E-state index contributed by atoms with van der Waals surface area (Å²) in [6, 6.07) is 14.0. The molecule has 0 bridgehead atoms. The fraction of sp³-hybridized carbons (Fsp3) is 0.286. The van der Waals surface area contributed by atoms with Crippen LogP contribution in [0.5, 0.6) is 5.75 Å². The van der Waals surface area contributed by atoms with Crippen LogP contribution in [0.4, 0.5) is 5.69 Å². The zero-order chi connectivity index (χ0) is 17.8. The number of nitrogens with one attached hydrogen (secondary N) is 1. The second kappa shape index (κ2) is 5.53. The van der Waals surface area contributed by atoms with Crippen molar-refractivity contribution in [1.29, 1.82) is 0 Å². The largest absolute Gasteiger partial charge is 0.494 e. The van der Waals surface area contributed by atoms with E-state index in [0.29, 0.717) is 6.61 Å². The Hall–Kier alpha value is -2.95. The molecular weight excluding hydrogens is 326 g/mol. The van der Waals surface area contributed by atoms with Crippen molar-refractivity contribution in [1.82, 2.24) is 9.88 Å². The number of aromatic amines is 1. The summed E-state index contributed by atoms with van der Waals surface area (Å²) in [7, 11) is 2.06. The maximum absolute atomic E-state index is 13.0. The highest BCUT2D eigenvalue weighted by Crippen LogP contribution is 2.43. The quantitative estimate of drug-likeness (QED) is 0.769. The van der Waals surface area contributed by atoms with E-state index in [9.17, 15) is 4.79 Å². The van der Waals surface area contributed by atoms with Crippen LogP contribution in [0.2, 0.25) is 0 Å². The van der Waals surface area contributed by atoms with E-state index in [2.05, 4.69) is 29.1 Å². The number of nitrogens with zero attached hydrogens (tertiary/aromatic N) is 2. The van der Waals surface area contributed by atoms with Crippen LogP contribution >= 0.6 is 0 Å². The molecule has 0 saturated heterocycles. The van der Waals surface area contributed by atoms with Gasteiger partial charge in [-0.2, -0.15) is 0 Å². The first-order chi connectivity index (χ1) is 12.7. The molecule has 3 aromatic rings. The van der Waals surface area contributed by atoms with E-state index < -0.39 is 0 Å². The zero-order valence-corrected chi connectivity index (χ0v) is 15.0. The fourth-order valence-corrected chi connectivity index (χ4v) is 4.37. The number of ether oxygens (including phenoxy) is 1. The van der Waals surface area contributed by atoms with Crippen molar-refractivity contribution in [2.24, 2.45) is 0 Å². The first-order valence-corrected chi connectivity index (χ1v) is 9.09. The van der Waals surface area contributed by atoms with Crippen molar-refractivity contribution in [2.75, 3.05) is 25.1 Å². The van der Waals surface area contributed by atoms with Crippen LogP contribution in [0.1, 0.15) is 34.7 Å². The minimum absolute atomic E-state index is 0.0934. The average molecular weight is 347 g/mol. The van der Waals surface area contributed by atoms with Gasteiger partial charge in [-0.3, -0.25) is 4.79 Å². The lowest BCUT2D eigenvalue weighted by atomic mass is 9.96. The average Bonchev–Trinajstić information content (AvgIpc) is 3.04. The van der Waals surface area contributed by atoms with Gasteiger partial charge in [-0.15, -0.1) is 0 Å². The van der Waals surface area contributed by atoms with Gasteiger partial charge in [0.25, 0.3) is 5.91 Å². The van der Waals surface area contributed by atoms with E-state index in [1.165, 1.54) is 10.9 Å². The van der Waals surface area contributed by atoms with Gasteiger partial charge >= 0.3 is 0 Å². The number of carbonyl (C=O) groups is 1. The van der Waals surface area contributed by atoms with Gasteiger partial charge in [0, 0.05) is 24.5 Å². The van der Waals surface area contributed by atoms with Gasteiger partial charge in [-0.25, -0.2) is 0 Å². The van der Waals surface area contributed by atoms with Gasteiger partial charge in [0.1, 0.15) is 11.9 Å². The Kier molecular flexibility index (Phi) is 3.26. The highest BCUT2D eigenvalue weighted by atomic mass is 16.5. The normalized spacial score (nSPS) is 18.5. The Bertz CT molecular complexity index is 1020. The highest BCUT2D eigenvalue weighted by Gasteiger charge is 2.41. The number of carbonyl (C=O) groups excluding carboxylic acids is 1. The number of hydrogen-bond donors (Lipinski definition) is 1. The summed E-state index contributed by atoms with van der Waals surface area (Å²) < 4.78 is 5.68. The molecule has 1 atom stereocenters. The number of aromatic nitrogens is 1. The summed E-state index contributed by atoms with van der Waals surface area (Å²) in [4.78, 5) is 20.8. The van der Waals surface area contributed by atoms with E-state index in [-0.39, 0.29) is 12.1 Å². The lowest BCUT2D eigenvalue weighted by Gasteiger charge is -2.46. The molecule has 2 aliphatic rings. The van der Waals surface area contributed by atoms with Crippen molar-refractivity contribution in [3.05, 3.63) is 59.3 Å². The first-order valence-electron chi connectivity index (χ1n) is 9.09. The topological polar surface area (TPSA) is 48.6 Å². The highest BCUT2D eigenvalue weighted by molar-refractivity contribution is 6.02. The van der Waals surface area contributed by atoms with Gasteiger partial charge in [0.05, 0.1) is 23.6 Å². The van der Waals surface area contributed by atoms with E-state index in [4.69, 9.17) is 4.74 Å². The molecule has 132 valence electrons. The molecular formula is C21H21N3O2. The van der Waals surface area contributed by atoms with Gasteiger partial charge in [0.15, 0.2) is 0 Å². The number of hydrogen-bond acceptors (Lipinski definition) is 3. The summed E-state index contributed by atoms with van der Waals surface area (Å²) in [5.41, 5.74) is 5.27. The monoisotopic (exact) mass is 347 g/mol. The maximum Gasteiger partial charge on any atom is 0.257 e. The molecule has 1 aromatic heterocycles. The summed E-state index contributed by atoms with van der Waals surface area (Å²) in [6.07, 6.45) is 0.757. The molecule has 5 nitrogen and oxygen atoms in total. The van der Waals surface area contributed by atoms with Crippen molar-refractivity contribution in [2.45, 2.75) is 19.5 Å². The SMILES string of the molecule is CCOc1ccc2[nH]c3c(c2c1)CCN1C(=O)c2ccccc2N(C)C31. The van der Waals surface area contributed by atoms with Crippen LogP contribution in [0, 0.1) is 0 Å². The van der Waals surface area contributed by atoms with Crippen LogP contribution < -0.4 is 9.64 Å². The Morgan fingerprint density at radius 2 is 2.08 bits per heavy atom. The number of H-pyrrole nitrogens is 1. The predicted molar refractivity (Wildman–Crippen MR) is 102 cm³/mol. The van der Waals surface area contributed by atoms with Crippen LogP contribution in [0.25, 0.3) is 10.9 Å². The summed E-state index contributed by atoms with van der Waals surface area (Å²) >= 11 is 0. The molecule has 0 saturated carbocycles. The van der Waals surface area contributed by atoms with Gasteiger partial charge in [-0.05, 0) is 49.2 Å². The minimum Gasteiger partial charge on any atom is -0.494 e. The Balaban J connectivity index is 1.67. The van der Waals surface area contributed by atoms with E-state index in [1.54, 1.807) is 0 Å². The van der Waals surface area contributed by atoms with Crippen LogP contribution in [-0.2, 0) is 6.42 Å². The zero-order valence-electron chi connectivity index (χ0n) is 15.0.